The van der Waals surface area contributed by atoms with Crippen molar-refractivity contribution in [1.29, 1.82) is 0 Å². The van der Waals surface area contributed by atoms with Gasteiger partial charge in [0.05, 0.1) is 0 Å². The monoisotopic (exact) mass is 201 g/mol. The Morgan fingerprint density at radius 1 is 1.27 bits per heavy atom. The Bertz CT molecular complexity index is 318. The molecular weight excluding hydrogens is 182 g/mol. The molecule has 0 heterocycles. The molecule has 0 amide bonds. The molecule has 15 heavy (non-hydrogen) atoms. The second-order valence-corrected chi connectivity index (χ2v) is 3.68. The first-order valence-electron chi connectivity index (χ1n) is 5.60. The van der Waals surface area contributed by atoms with E-state index >= 15 is 0 Å². The first-order chi connectivity index (χ1) is 7.33. The first kappa shape index (κ1) is 11.8. The van der Waals surface area contributed by atoms with Gasteiger partial charge in [0.25, 0.3) is 0 Å². The smallest absolute Gasteiger partial charge is 0.0245 e. The summed E-state index contributed by atoms with van der Waals surface area (Å²) in [6.07, 6.45) is 1.12. The van der Waals surface area contributed by atoms with E-state index in [2.05, 4.69) is 31.0 Å². The van der Waals surface area contributed by atoms with Crippen molar-refractivity contribution in [3.8, 4) is 11.8 Å². The van der Waals surface area contributed by atoms with Crippen LogP contribution in [0.25, 0.3) is 0 Å². The van der Waals surface area contributed by atoms with E-state index in [-0.39, 0.29) is 0 Å². The number of benzene rings is 1. The molecule has 0 aliphatic heterocycles. The topological polar surface area (TPSA) is 12.0 Å². The molecule has 1 N–H and O–H groups in total. The molecule has 0 aliphatic carbocycles. The van der Waals surface area contributed by atoms with E-state index in [0.29, 0.717) is 5.92 Å². The summed E-state index contributed by atoms with van der Waals surface area (Å²) < 4.78 is 0. The van der Waals surface area contributed by atoms with Gasteiger partial charge in [0.1, 0.15) is 0 Å². The molecule has 0 fully saturated rings. The molecule has 0 saturated heterocycles. The molecule has 0 bridgehead atoms. The summed E-state index contributed by atoms with van der Waals surface area (Å²) in [7, 11) is 0. The van der Waals surface area contributed by atoms with Crippen LogP contribution in [-0.2, 0) is 0 Å². The predicted octanol–water partition coefficient (Wildman–Crippen LogP) is 2.67. The highest BCUT2D eigenvalue weighted by molar-refractivity contribution is 5.33. The fourth-order valence-electron chi connectivity index (χ4n) is 1.30. The Labute approximate surface area is 92.9 Å². The average molecular weight is 201 g/mol. The van der Waals surface area contributed by atoms with Gasteiger partial charge in [-0.3, -0.25) is 0 Å². The third-order valence-electron chi connectivity index (χ3n) is 2.24. The van der Waals surface area contributed by atoms with E-state index in [1.165, 1.54) is 0 Å². The van der Waals surface area contributed by atoms with Crippen LogP contribution in [0.3, 0.4) is 0 Å². The zero-order valence-corrected chi connectivity index (χ0v) is 9.59. The van der Waals surface area contributed by atoms with Crippen molar-refractivity contribution in [2.24, 2.45) is 5.92 Å². The predicted molar refractivity (Wildman–Crippen MR) is 65.6 cm³/mol. The standard InChI is InChI=1S/C14H19N/c1-3-15-12-11-13(2)9-10-14-7-5-4-6-8-14/h4-8,13,15H,3,11-12H2,1-2H3. The van der Waals surface area contributed by atoms with Crippen LogP contribution < -0.4 is 5.32 Å². The van der Waals surface area contributed by atoms with E-state index in [0.717, 1.165) is 25.1 Å². The summed E-state index contributed by atoms with van der Waals surface area (Å²) in [6, 6.07) is 10.1. The third-order valence-corrected chi connectivity index (χ3v) is 2.24. The SMILES string of the molecule is CCNCCC(C)C#Cc1ccccc1. The lowest BCUT2D eigenvalue weighted by Gasteiger charge is -2.03. The van der Waals surface area contributed by atoms with Gasteiger partial charge in [-0.15, -0.1) is 0 Å². The quantitative estimate of drug-likeness (QED) is 0.583. The summed E-state index contributed by atoms with van der Waals surface area (Å²) in [6.45, 7) is 6.40. The molecule has 1 aromatic rings. The molecule has 0 spiro atoms. The van der Waals surface area contributed by atoms with E-state index in [1.807, 2.05) is 30.3 Å². The maximum atomic E-state index is 3.31. The van der Waals surface area contributed by atoms with Crippen molar-refractivity contribution in [1.82, 2.24) is 5.32 Å². The summed E-state index contributed by atoms with van der Waals surface area (Å²) in [5.74, 6) is 6.92. The Hall–Kier alpha value is -1.26. The third kappa shape index (κ3) is 5.24. The Kier molecular flexibility index (Phi) is 5.58. The van der Waals surface area contributed by atoms with Crippen LogP contribution in [0.1, 0.15) is 25.8 Å². The maximum absolute atomic E-state index is 3.31. The van der Waals surface area contributed by atoms with E-state index in [4.69, 9.17) is 0 Å². The van der Waals surface area contributed by atoms with Gasteiger partial charge in [-0.2, -0.15) is 0 Å². The van der Waals surface area contributed by atoms with Crippen LogP contribution in [0.15, 0.2) is 30.3 Å². The van der Waals surface area contributed by atoms with Gasteiger partial charge >= 0.3 is 0 Å². The molecule has 1 rings (SSSR count). The molecular formula is C14H19N. The molecule has 0 saturated carbocycles. The summed E-state index contributed by atoms with van der Waals surface area (Å²) >= 11 is 0. The summed E-state index contributed by atoms with van der Waals surface area (Å²) in [4.78, 5) is 0. The van der Waals surface area contributed by atoms with E-state index in [9.17, 15) is 0 Å². The highest BCUT2D eigenvalue weighted by atomic mass is 14.8. The summed E-state index contributed by atoms with van der Waals surface area (Å²) in [5.41, 5.74) is 1.10. The molecule has 0 radical (unpaired) electrons. The Morgan fingerprint density at radius 3 is 2.67 bits per heavy atom. The van der Waals surface area contributed by atoms with E-state index in [1.54, 1.807) is 0 Å². The minimum atomic E-state index is 0.462. The lowest BCUT2D eigenvalue weighted by Crippen LogP contribution is -2.15. The molecule has 1 unspecified atom stereocenters. The fourth-order valence-corrected chi connectivity index (χ4v) is 1.30. The number of nitrogens with one attached hydrogen (secondary N) is 1. The molecule has 1 atom stereocenters. The van der Waals surface area contributed by atoms with Crippen molar-refractivity contribution in [2.45, 2.75) is 20.3 Å². The lowest BCUT2D eigenvalue weighted by atomic mass is 10.1. The van der Waals surface area contributed by atoms with Gasteiger partial charge in [0.15, 0.2) is 0 Å². The zero-order valence-electron chi connectivity index (χ0n) is 9.59. The van der Waals surface area contributed by atoms with Crippen LogP contribution in [0.2, 0.25) is 0 Å². The molecule has 1 nitrogen and oxygen atoms in total. The van der Waals surface area contributed by atoms with Gasteiger partial charge in [0.2, 0.25) is 0 Å². The van der Waals surface area contributed by atoms with Crippen LogP contribution >= 0.6 is 0 Å². The van der Waals surface area contributed by atoms with Crippen LogP contribution in [-0.4, -0.2) is 13.1 Å². The minimum Gasteiger partial charge on any atom is -0.317 e. The van der Waals surface area contributed by atoms with E-state index < -0.39 is 0 Å². The second-order valence-electron chi connectivity index (χ2n) is 3.68. The van der Waals surface area contributed by atoms with Gasteiger partial charge < -0.3 is 5.32 Å². The summed E-state index contributed by atoms with van der Waals surface area (Å²) in [5, 5.41) is 3.31. The first-order valence-corrected chi connectivity index (χ1v) is 5.60. The second kappa shape index (κ2) is 7.09. The molecule has 1 heteroatoms. The van der Waals surface area contributed by atoms with Crippen molar-refractivity contribution < 1.29 is 0 Å². The minimum absolute atomic E-state index is 0.462. The van der Waals surface area contributed by atoms with Crippen molar-refractivity contribution >= 4 is 0 Å². The molecule has 80 valence electrons. The number of hydrogen-bond donors (Lipinski definition) is 1. The van der Waals surface area contributed by atoms with Crippen molar-refractivity contribution in [3.05, 3.63) is 35.9 Å². The normalized spacial score (nSPS) is 11.6. The number of hydrogen-bond acceptors (Lipinski definition) is 1. The lowest BCUT2D eigenvalue weighted by molar-refractivity contribution is 0.600. The van der Waals surface area contributed by atoms with Gasteiger partial charge in [-0.1, -0.05) is 43.9 Å². The van der Waals surface area contributed by atoms with Crippen molar-refractivity contribution in [3.63, 3.8) is 0 Å². The van der Waals surface area contributed by atoms with Crippen LogP contribution in [0.4, 0.5) is 0 Å². The van der Waals surface area contributed by atoms with Crippen molar-refractivity contribution in [2.75, 3.05) is 13.1 Å². The maximum Gasteiger partial charge on any atom is 0.0245 e. The Morgan fingerprint density at radius 2 is 2.00 bits per heavy atom. The average Bonchev–Trinajstić information content (AvgIpc) is 2.28. The molecule has 0 aromatic heterocycles. The molecule has 1 aromatic carbocycles. The molecule has 0 aliphatic rings. The highest BCUT2D eigenvalue weighted by Crippen LogP contribution is 2.00. The largest absolute Gasteiger partial charge is 0.317 e. The highest BCUT2D eigenvalue weighted by Gasteiger charge is 1.95. The van der Waals surface area contributed by atoms with Crippen LogP contribution in [0, 0.1) is 17.8 Å². The van der Waals surface area contributed by atoms with Gasteiger partial charge in [0, 0.05) is 11.5 Å². The van der Waals surface area contributed by atoms with Gasteiger partial charge in [-0.05, 0) is 31.6 Å². The zero-order chi connectivity index (χ0) is 10.9. The van der Waals surface area contributed by atoms with Crippen LogP contribution in [0.5, 0.6) is 0 Å². The Balaban J connectivity index is 2.37. The fraction of sp³-hybridized carbons (Fsp3) is 0.429. The number of rotatable bonds is 4. The van der Waals surface area contributed by atoms with Gasteiger partial charge in [-0.25, -0.2) is 0 Å².